The zero-order valence-electron chi connectivity index (χ0n) is 17.1. The van der Waals surface area contributed by atoms with Gasteiger partial charge in [-0.3, -0.25) is 14.7 Å². The van der Waals surface area contributed by atoms with Crippen LogP contribution in [-0.2, 0) is 14.3 Å². The van der Waals surface area contributed by atoms with Gasteiger partial charge in [0, 0.05) is 37.6 Å². The number of nitrogens with one attached hydrogen (secondary N) is 1. The third-order valence-corrected chi connectivity index (χ3v) is 6.50. The number of nitrogens with zero attached hydrogens (tertiary/aromatic N) is 3. The first-order valence-electron chi connectivity index (χ1n) is 10.1. The minimum absolute atomic E-state index is 0.0961. The molecule has 156 valence electrons. The quantitative estimate of drug-likeness (QED) is 0.440. The molecule has 0 saturated carbocycles. The fourth-order valence-electron chi connectivity index (χ4n) is 3.95. The standard InChI is InChI=1S/C20H32N4O3S/c1-4-21-20(24-13-15(2)16(14-24)19(25)26-3)22-12-17(18-6-5-11-28-18)23-7-9-27-10-8-23/h5-6,11,15-17H,4,7-10,12-14H2,1-3H3,(H,21,22). The molecule has 2 saturated heterocycles. The van der Waals surface area contributed by atoms with Crippen LogP contribution in [0.5, 0.6) is 0 Å². The van der Waals surface area contributed by atoms with Crippen LogP contribution in [0.4, 0.5) is 0 Å². The summed E-state index contributed by atoms with van der Waals surface area (Å²) in [6.07, 6.45) is 0. The molecule has 0 aliphatic carbocycles. The van der Waals surface area contributed by atoms with Gasteiger partial charge in [-0.2, -0.15) is 0 Å². The highest BCUT2D eigenvalue weighted by Gasteiger charge is 2.37. The van der Waals surface area contributed by atoms with E-state index in [0.717, 1.165) is 45.4 Å². The molecule has 1 aromatic rings. The van der Waals surface area contributed by atoms with Crippen LogP contribution in [0.2, 0.25) is 0 Å². The number of likely N-dealkylation sites (tertiary alicyclic amines) is 1. The molecule has 0 radical (unpaired) electrons. The van der Waals surface area contributed by atoms with Gasteiger partial charge >= 0.3 is 5.97 Å². The van der Waals surface area contributed by atoms with Crippen molar-refractivity contribution in [2.75, 3.05) is 59.6 Å². The van der Waals surface area contributed by atoms with Crippen molar-refractivity contribution in [3.8, 4) is 0 Å². The summed E-state index contributed by atoms with van der Waals surface area (Å²) in [7, 11) is 1.46. The fraction of sp³-hybridized carbons (Fsp3) is 0.700. The van der Waals surface area contributed by atoms with Crippen LogP contribution in [0.15, 0.2) is 22.5 Å². The molecule has 0 spiro atoms. The van der Waals surface area contributed by atoms with Gasteiger partial charge in [0.2, 0.25) is 0 Å². The Bertz CT molecular complexity index is 646. The largest absolute Gasteiger partial charge is 0.469 e. The first kappa shape index (κ1) is 21.1. The van der Waals surface area contributed by atoms with Gasteiger partial charge in [0.25, 0.3) is 0 Å². The van der Waals surface area contributed by atoms with E-state index in [0.29, 0.717) is 13.1 Å². The van der Waals surface area contributed by atoms with Gasteiger partial charge in [0.1, 0.15) is 0 Å². The average Bonchev–Trinajstić information content (AvgIpc) is 3.37. The highest BCUT2D eigenvalue weighted by Crippen LogP contribution is 2.27. The molecule has 1 N–H and O–H groups in total. The lowest BCUT2D eigenvalue weighted by Crippen LogP contribution is -2.43. The van der Waals surface area contributed by atoms with E-state index in [1.807, 2.05) is 0 Å². The number of thiophene rings is 1. The SMILES string of the molecule is CCNC(=NCC(c1cccs1)N1CCOCC1)N1CC(C)C(C(=O)OC)C1. The third kappa shape index (κ3) is 5.04. The molecule has 2 fully saturated rings. The van der Waals surface area contributed by atoms with Crippen LogP contribution in [-0.4, -0.2) is 81.3 Å². The molecule has 3 unspecified atom stereocenters. The molecular formula is C20H32N4O3S. The number of methoxy groups -OCH3 is 1. The number of ether oxygens (including phenoxy) is 2. The molecule has 0 amide bonds. The van der Waals surface area contributed by atoms with Crippen molar-refractivity contribution in [2.24, 2.45) is 16.8 Å². The molecule has 1 aromatic heterocycles. The number of hydrogen-bond acceptors (Lipinski definition) is 6. The van der Waals surface area contributed by atoms with E-state index in [4.69, 9.17) is 14.5 Å². The molecule has 3 atom stereocenters. The summed E-state index contributed by atoms with van der Waals surface area (Å²) in [5.74, 6) is 0.913. The Morgan fingerprint density at radius 2 is 2.21 bits per heavy atom. The van der Waals surface area contributed by atoms with E-state index in [-0.39, 0.29) is 23.8 Å². The van der Waals surface area contributed by atoms with Gasteiger partial charge in [-0.15, -0.1) is 11.3 Å². The summed E-state index contributed by atoms with van der Waals surface area (Å²) < 4.78 is 10.5. The van der Waals surface area contributed by atoms with Gasteiger partial charge in [-0.25, -0.2) is 0 Å². The lowest BCUT2D eigenvalue weighted by molar-refractivity contribution is -0.145. The fourth-order valence-corrected chi connectivity index (χ4v) is 4.80. The number of hydrogen-bond donors (Lipinski definition) is 1. The van der Waals surface area contributed by atoms with Crippen molar-refractivity contribution >= 4 is 23.3 Å². The van der Waals surface area contributed by atoms with Crippen molar-refractivity contribution in [2.45, 2.75) is 19.9 Å². The van der Waals surface area contributed by atoms with Gasteiger partial charge in [-0.05, 0) is 24.3 Å². The first-order valence-corrected chi connectivity index (χ1v) is 11.0. The maximum absolute atomic E-state index is 12.1. The summed E-state index contributed by atoms with van der Waals surface area (Å²) in [6, 6.07) is 4.55. The number of morpholine rings is 1. The van der Waals surface area contributed by atoms with Gasteiger partial charge < -0.3 is 19.7 Å². The lowest BCUT2D eigenvalue weighted by Gasteiger charge is -2.33. The Labute approximate surface area is 171 Å². The molecule has 3 rings (SSSR count). The third-order valence-electron chi connectivity index (χ3n) is 5.52. The van der Waals surface area contributed by atoms with Crippen LogP contribution in [0.1, 0.15) is 24.8 Å². The van der Waals surface area contributed by atoms with Crippen LogP contribution in [0.3, 0.4) is 0 Å². The summed E-state index contributed by atoms with van der Waals surface area (Å²) in [6.45, 7) is 10.5. The Balaban J connectivity index is 1.74. The van der Waals surface area contributed by atoms with E-state index in [9.17, 15) is 4.79 Å². The molecule has 2 aliphatic heterocycles. The van der Waals surface area contributed by atoms with Crippen molar-refractivity contribution in [3.63, 3.8) is 0 Å². The first-order chi connectivity index (χ1) is 13.6. The topological polar surface area (TPSA) is 66.4 Å². The smallest absolute Gasteiger partial charge is 0.310 e. The Morgan fingerprint density at radius 1 is 1.43 bits per heavy atom. The molecular weight excluding hydrogens is 376 g/mol. The van der Waals surface area contributed by atoms with E-state index < -0.39 is 0 Å². The van der Waals surface area contributed by atoms with Crippen molar-refractivity contribution < 1.29 is 14.3 Å². The summed E-state index contributed by atoms with van der Waals surface area (Å²) >= 11 is 1.78. The minimum Gasteiger partial charge on any atom is -0.469 e. The summed E-state index contributed by atoms with van der Waals surface area (Å²) in [5, 5.41) is 5.54. The number of aliphatic imine (C=N–C) groups is 1. The van der Waals surface area contributed by atoms with Crippen LogP contribution >= 0.6 is 11.3 Å². The zero-order valence-corrected chi connectivity index (χ0v) is 17.9. The molecule has 0 aromatic carbocycles. The predicted octanol–water partition coefficient (Wildman–Crippen LogP) is 1.83. The van der Waals surface area contributed by atoms with Crippen LogP contribution in [0, 0.1) is 11.8 Å². The minimum atomic E-state index is -0.129. The van der Waals surface area contributed by atoms with E-state index in [2.05, 4.69) is 46.5 Å². The van der Waals surface area contributed by atoms with Crippen LogP contribution in [0.25, 0.3) is 0 Å². The predicted molar refractivity (Wildman–Crippen MR) is 112 cm³/mol. The lowest BCUT2D eigenvalue weighted by atomic mass is 9.99. The van der Waals surface area contributed by atoms with Crippen molar-refractivity contribution in [1.29, 1.82) is 0 Å². The number of guanidine groups is 1. The maximum Gasteiger partial charge on any atom is 0.310 e. The van der Waals surface area contributed by atoms with Crippen molar-refractivity contribution in [1.82, 2.24) is 15.1 Å². The average molecular weight is 409 g/mol. The summed E-state index contributed by atoms with van der Waals surface area (Å²) in [4.78, 5) is 23.0. The normalized spacial score (nSPS) is 25.0. The Morgan fingerprint density at radius 3 is 2.86 bits per heavy atom. The Hall–Kier alpha value is -1.64. The van der Waals surface area contributed by atoms with E-state index in [1.54, 1.807) is 11.3 Å². The second-order valence-corrected chi connectivity index (χ2v) is 8.37. The highest BCUT2D eigenvalue weighted by molar-refractivity contribution is 7.10. The van der Waals surface area contributed by atoms with Crippen LogP contribution < -0.4 is 5.32 Å². The molecule has 2 aliphatic rings. The van der Waals surface area contributed by atoms with E-state index >= 15 is 0 Å². The second kappa shape index (κ2) is 10.2. The molecule has 8 heteroatoms. The van der Waals surface area contributed by atoms with Crippen molar-refractivity contribution in [3.05, 3.63) is 22.4 Å². The van der Waals surface area contributed by atoms with Gasteiger partial charge in [-0.1, -0.05) is 13.0 Å². The molecule has 7 nitrogen and oxygen atoms in total. The van der Waals surface area contributed by atoms with Gasteiger partial charge in [0.05, 0.1) is 38.8 Å². The number of carbonyl (C=O) groups excluding carboxylic acids is 1. The van der Waals surface area contributed by atoms with E-state index in [1.165, 1.54) is 12.0 Å². The monoisotopic (exact) mass is 408 g/mol. The summed E-state index contributed by atoms with van der Waals surface area (Å²) in [5.41, 5.74) is 0. The maximum atomic E-state index is 12.1. The number of carbonyl (C=O) groups is 1. The Kier molecular flexibility index (Phi) is 7.70. The number of esters is 1. The number of rotatable bonds is 6. The second-order valence-electron chi connectivity index (χ2n) is 7.39. The zero-order chi connectivity index (χ0) is 19.9. The molecule has 3 heterocycles. The molecule has 28 heavy (non-hydrogen) atoms. The van der Waals surface area contributed by atoms with Gasteiger partial charge in [0.15, 0.2) is 5.96 Å². The molecule has 0 bridgehead atoms. The highest BCUT2D eigenvalue weighted by atomic mass is 32.1.